The summed E-state index contributed by atoms with van der Waals surface area (Å²) < 4.78 is 5.32. The Morgan fingerprint density at radius 2 is 1.77 bits per heavy atom. The number of allylic oxidation sites excluding steroid dienone is 1. The van der Waals surface area contributed by atoms with E-state index in [-0.39, 0.29) is 12.3 Å². The van der Waals surface area contributed by atoms with Crippen LogP contribution in [0.25, 0.3) is 11.8 Å². The molecule has 4 rings (SSSR count). The highest BCUT2D eigenvalue weighted by molar-refractivity contribution is 6.03. The van der Waals surface area contributed by atoms with Crippen LogP contribution in [0.4, 0.5) is 10.5 Å². The maximum Gasteiger partial charge on any atom is 0.412 e. The van der Waals surface area contributed by atoms with Gasteiger partial charge in [0, 0.05) is 35.2 Å². The van der Waals surface area contributed by atoms with Crippen molar-refractivity contribution in [2.75, 3.05) is 5.32 Å². The van der Waals surface area contributed by atoms with Gasteiger partial charge in [-0.2, -0.15) is 0 Å². The van der Waals surface area contributed by atoms with Crippen molar-refractivity contribution in [2.45, 2.75) is 72.4 Å². The molecule has 9 nitrogen and oxygen atoms in total. The van der Waals surface area contributed by atoms with Gasteiger partial charge in [0.25, 0.3) is 0 Å². The summed E-state index contributed by atoms with van der Waals surface area (Å²) in [5.41, 5.74) is 6.33. The number of oxime groups is 1. The van der Waals surface area contributed by atoms with Crippen LogP contribution in [-0.4, -0.2) is 40.4 Å². The Labute approximate surface area is 276 Å². The van der Waals surface area contributed by atoms with Gasteiger partial charge in [0.05, 0.1) is 5.71 Å². The highest BCUT2D eigenvalue weighted by Crippen LogP contribution is 2.28. The van der Waals surface area contributed by atoms with Crippen molar-refractivity contribution >= 4 is 41.2 Å². The Balaban J connectivity index is 1.44. The molecule has 9 heteroatoms. The number of hydrogen-bond acceptors (Lipinski definition) is 6. The number of benzene rings is 3. The lowest BCUT2D eigenvalue weighted by molar-refractivity contribution is -0.141. The number of nitrogens with one attached hydrogen (secondary N) is 2. The van der Waals surface area contributed by atoms with Crippen LogP contribution in [0.1, 0.15) is 74.4 Å². The SMILES string of the molecule is CCc1cc(CC(NC(=O)C=Cc2ccc(C)cc2)C(=O)O)ccc1C1=NOC(c2ccc(NC(=O)OC(C)(C)C)cc2)=CCC1C. The van der Waals surface area contributed by atoms with E-state index in [9.17, 15) is 19.5 Å². The van der Waals surface area contributed by atoms with E-state index in [1.165, 1.54) is 6.08 Å². The molecular formula is C38H43N3O6. The molecule has 0 aromatic heterocycles. The molecular weight excluding hydrogens is 594 g/mol. The number of hydrogen-bond donors (Lipinski definition) is 3. The zero-order chi connectivity index (χ0) is 34.1. The number of ether oxygens (including phenoxy) is 1. The van der Waals surface area contributed by atoms with Gasteiger partial charge in [0.15, 0.2) is 5.76 Å². The summed E-state index contributed by atoms with van der Waals surface area (Å²) in [4.78, 5) is 42.7. The summed E-state index contributed by atoms with van der Waals surface area (Å²) >= 11 is 0. The van der Waals surface area contributed by atoms with Crippen LogP contribution >= 0.6 is 0 Å². The van der Waals surface area contributed by atoms with E-state index in [0.717, 1.165) is 39.1 Å². The van der Waals surface area contributed by atoms with E-state index < -0.39 is 29.6 Å². The first-order valence-corrected chi connectivity index (χ1v) is 15.8. The second-order valence-corrected chi connectivity index (χ2v) is 12.7. The largest absolute Gasteiger partial charge is 0.480 e. The average Bonchev–Trinajstić information content (AvgIpc) is 3.21. The smallest absolute Gasteiger partial charge is 0.412 e. The van der Waals surface area contributed by atoms with Gasteiger partial charge >= 0.3 is 12.1 Å². The van der Waals surface area contributed by atoms with Crippen LogP contribution in [0, 0.1) is 12.8 Å². The van der Waals surface area contributed by atoms with Crippen LogP contribution in [0.5, 0.6) is 0 Å². The van der Waals surface area contributed by atoms with Gasteiger partial charge < -0.3 is 20.0 Å². The number of aryl methyl sites for hydroxylation is 2. The standard InChI is InChI=1S/C38H43N3O6/c1-7-28-22-27(23-32(36(43)44)40-34(42)21-14-26-11-8-24(2)9-12-26)13-19-31(28)35-25(3)10-20-33(47-41-35)29-15-17-30(18-16-29)39-37(45)46-38(4,5)6/h8-9,11-22,25,32H,7,10,23H2,1-6H3,(H,39,45)(H,40,42)(H,43,44). The fourth-order valence-electron chi connectivity index (χ4n) is 5.07. The predicted molar refractivity (Wildman–Crippen MR) is 185 cm³/mol. The van der Waals surface area contributed by atoms with E-state index in [1.54, 1.807) is 18.2 Å². The Bertz CT molecular complexity index is 1680. The number of nitrogens with zero attached hydrogens (tertiary/aromatic N) is 1. The molecule has 246 valence electrons. The van der Waals surface area contributed by atoms with Crippen molar-refractivity contribution in [3.8, 4) is 0 Å². The monoisotopic (exact) mass is 637 g/mol. The number of rotatable bonds is 10. The predicted octanol–water partition coefficient (Wildman–Crippen LogP) is 7.53. The molecule has 0 bridgehead atoms. The minimum atomic E-state index is -1.10. The van der Waals surface area contributed by atoms with Crippen LogP contribution in [-0.2, 0) is 32.0 Å². The lowest BCUT2D eigenvalue weighted by Crippen LogP contribution is -2.41. The summed E-state index contributed by atoms with van der Waals surface area (Å²) in [6.07, 6.45) is 6.02. The second-order valence-electron chi connectivity index (χ2n) is 12.7. The topological polar surface area (TPSA) is 126 Å². The number of aliphatic carboxylic acids is 1. The molecule has 2 atom stereocenters. The second kappa shape index (κ2) is 15.4. The van der Waals surface area contributed by atoms with Crippen LogP contribution in [0.2, 0.25) is 0 Å². The Hall–Kier alpha value is -5.18. The van der Waals surface area contributed by atoms with E-state index in [1.807, 2.05) is 95.3 Å². The molecule has 0 saturated heterocycles. The third kappa shape index (κ3) is 10.2. The van der Waals surface area contributed by atoms with E-state index >= 15 is 0 Å². The lowest BCUT2D eigenvalue weighted by Gasteiger charge is -2.19. The molecule has 1 aliphatic rings. The van der Waals surface area contributed by atoms with Crippen LogP contribution in [0.3, 0.4) is 0 Å². The average molecular weight is 638 g/mol. The van der Waals surface area contributed by atoms with Crippen molar-refractivity contribution < 1.29 is 29.1 Å². The number of carboxylic acid groups (broad SMARTS) is 1. The summed E-state index contributed by atoms with van der Waals surface area (Å²) in [6, 6.07) is 19.7. The maximum absolute atomic E-state index is 12.6. The number of carbonyl (C=O) groups excluding carboxylic acids is 2. The number of carboxylic acids is 1. The van der Waals surface area contributed by atoms with E-state index in [2.05, 4.69) is 22.7 Å². The molecule has 2 amide bonds. The summed E-state index contributed by atoms with van der Waals surface area (Å²) in [5.74, 6) is -0.905. The fourth-order valence-corrected chi connectivity index (χ4v) is 5.07. The molecule has 0 aliphatic carbocycles. The normalized spacial score (nSPS) is 15.5. The summed E-state index contributed by atoms with van der Waals surface area (Å²) in [5, 5.41) is 19.8. The first kappa shape index (κ1) is 34.7. The molecule has 0 saturated carbocycles. The molecule has 2 unspecified atom stereocenters. The van der Waals surface area contributed by atoms with Gasteiger partial charge in [0.1, 0.15) is 11.6 Å². The summed E-state index contributed by atoms with van der Waals surface area (Å²) in [6.45, 7) is 11.5. The maximum atomic E-state index is 12.6. The van der Waals surface area contributed by atoms with Crippen molar-refractivity contribution in [2.24, 2.45) is 11.1 Å². The molecule has 0 spiro atoms. The Morgan fingerprint density at radius 1 is 1.06 bits per heavy atom. The quantitative estimate of drug-likeness (QED) is 0.197. The molecule has 47 heavy (non-hydrogen) atoms. The Morgan fingerprint density at radius 3 is 2.40 bits per heavy atom. The van der Waals surface area contributed by atoms with Gasteiger partial charge in [0.2, 0.25) is 5.91 Å². The molecule has 3 aromatic carbocycles. The third-order valence-electron chi connectivity index (χ3n) is 7.57. The summed E-state index contributed by atoms with van der Waals surface area (Å²) in [7, 11) is 0. The van der Waals surface area contributed by atoms with Gasteiger partial charge in [-0.05, 0) is 93.6 Å². The first-order chi connectivity index (χ1) is 22.3. The van der Waals surface area contributed by atoms with Crippen LogP contribution in [0.15, 0.2) is 84.0 Å². The minimum Gasteiger partial charge on any atom is -0.480 e. The molecule has 0 radical (unpaired) electrons. The molecule has 3 N–H and O–H groups in total. The van der Waals surface area contributed by atoms with Crippen molar-refractivity contribution in [1.82, 2.24) is 5.32 Å². The highest BCUT2D eigenvalue weighted by atomic mass is 16.6. The van der Waals surface area contributed by atoms with Crippen LogP contribution < -0.4 is 10.6 Å². The number of carbonyl (C=O) groups is 3. The molecule has 1 aliphatic heterocycles. The molecule has 3 aromatic rings. The van der Waals surface area contributed by atoms with E-state index in [0.29, 0.717) is 24.3 Å². The van der Waals surface area contributed by atoms with Crippen molar-refractivity contribution in [3.05, 3.63) is 112 Å². The first-order valence-electron chi connectivity index (χ1n) is 15.8. The molecule has 0 fully saturated rings. The van der Waals surface area contributed by atoms with Gasteiger partial charge in [-0.25, -0.2) is 9.59 Å². The molecule has 1 heterocycles. The fraction of sp³-hybridized carbons (Fsp3) is 0.316. The van der Waals surface area contributed by atoms with Gasteiger partial charge in [-0.3, -0.25) is 10.1 Å². The zero-order valence-corrected chi connectivity index (χ0v) is 27.8. The zero-order valence-electron chi connectivity index (χ0n) is 27.8. The number of amides is 2. The van der Waals surface area contributed by atoms with Crippen molar-refractivity contribution in [1.29, 1.82) is 0 Å². The Kier molecular flexibility index (Phi) is 11.4. The minimum absolute atomic E-state index is 0.0585. The van der Waals surface area contributed by atoms with Gasteiger partial charge in [-0.15, -0.1) is 0 Å². The lowest BCUT2D eigenvalue weighted by atomic mass is 9.89. The van der Waals surface area contributed by atoms with E-state index in [4.69, 9.17) is 9.57 Å². The number of anilines is 1. The third-order valence-corrected chi connectivity index (χ3v) is 7.57. The van der Waals surface area contributed by atoms with Crippen molar-refractivity contribution in [3.63, 3.8) is 0 Å². The van der Waals surface area contributed by atoms with Gasteiger partial charge in [-0.1, -0.05) is 67.0 Å². The highest BCUT2D eigenvalue weighted by Gasteiger charge is 2.23.